The van der Waals surface area contributed by atoms with Gasteiger partial charge in [0, 0.05) is 43.8 Å². The van der Waals surface area contributed by atoms with Crippen LogP contribution in [0.5, 0.6) is 0 Å². The highest BCUT2D eigenvalue weighted by Gasteiger charge is 2.22. The molecule has 0 bridgehead atoms. The molecule has 5 heteroatoms. The van der Waals surface area contributed by atoms with Crippen LogP contribution in [0.4, 0.5) is 0 Å². The minimum Gasteiger partial charge on any atom is -0.456 e. The van der Waals surface area contributed by atoms with Crippen molar-refractivity contribution in [3.63, 3.8) is 0 Å². The van der Waals surface area contributed by atoms with Gasteiger partial charge in [0.2, 0.25) is 0 Å². The van der Waals surface area contributed by atoms with Gasteiger partial charge in [0.15, 0.2) is 17.5 Å². The van der Waals surface area contributed by atoms with Crippen molar-refractivity contribution in [1.82, 2.24) is 15.0 Å². The summed E-state index contributed by atoms with van der Waals surface area (Å²) in [4.78, 5) is 15.7. The van der Waals surface area contributed by atoms with Crippen LogP contribution in [0, 0.1) is 0 Å². The van der Waals surface area contributed by atoms with Gasteiger partial charge in [-0.05, 0) is 69.9 Å². The highest BCUT2D eigenvalue weighted by Crippen LogP contribution is 2.44. The average molecular weight is 732 g/mol. The summed E-state index contributed by atoms with van der Waals surface area (Å²) in [5.74, 6) is 1.74. The third-order valence-corrected chi connectivity index (χ3v) is 10.9. The molecule has 57 heavy (non-hydrogen) atoms. The smallest absolute Gasteiger partial charge is 0.164 e. The molecule has 0 saturated carbocycles. The summed E-state index contributed by atoms with van der Waals surface area (Å²) in [6.45, 7) is 2.02. The molecule has 0 aliphatic heterocycles. The molecule has 0 amide bonds. The maximum atomic E-state index is 6.72. The number of para-hydroxylation sites is 2. The SMILES string of the molecule is C/C=C\C=C/c1ccc(-c2nc(-c3ccccc3)nc(-c3cc(-c4cccc5c4oc4ccc6ccccc6c45)cc4oc5ccccc5c34)n2)c2ccccc12. The number of fused-ring (bicyclic) bond motifs is 9. The topological polar surface area (TPSA) is 65.0 Å². The van der Waals surface area contributed by atoms with Gasteiger partial charge in [0.25, 0.3) is 0 Å². The highest BCUT2D eigenvalue weighted by atomic mass is 16.3. The summed E-state index contributed by atoms with van der Waals surface area (Å²) in [5, 5.41) is 8.65. The molecule has 0 unspecified atom stereocenters. The molecule has 0 saturated heterocycles. The number of hydrogen-bond acceptors (Lipinski definition) is 5. The molecular formula is C52H33N3O2. The molecule has 3 aromatic heterocycles. The van der Waals surface area contributed by atoms with Gasteiger partial charge in [-0.2, -0.15) is 0 Å². The van der Waals surface area contributed by atoms with Gasteiger partial charge in [-0.1, -0.05) is 152 Å². The number of rotatable bonds is 6. The molecule has 0 atom stereocenters. The van der Waals surface area contributed by atoms with Crippen LogP contribution in [-0.2, 0) is 0 Å². The molecule has 5 nitrogen and oxygen atoms in total. The predicted octanol–water partition coefficient (Wildman–Crippen LogP) is 14.2. The van der Waals surface area contributed by atoms with E-state index in [0.717, 1.165) is 88.0 Å². The van der Waals surface area contributed by atoms with E-state index in [1.807, 2.05) is 67.6 Å². The van der Waals surface area contributed by atoms with Gasteiger partial charge >= 0.3 is 0 Å². The molecule has 268 valence electrons. The van der Waals surface area contributed by atoms with Crippen molar-refractivity contribution >= 4 is 71.5 Å². The minimum atomic E-state index is 0.557. The highest BCUT2D eigenvalue weighted by molar-refractivity contribution is 6.21. The Hall–Kier alpha value is -7.63. The van der Waals surface area contributed by atoms with E-state index in [9.17, 15) is 0 Å². The normalized spacial score (nSPS) is 12.2. The van der Waals surface area contributed by atoms with E-state index in [4.69, 9.17) is 23.8 Å². The summed E-state index contributed by atoms with van der Waals surface area (Å²) in [5.41, 5.74) is 8.92. The molecule has 0 aliphatic carbocycles. The lowest BCUT2D eigenvalue weighted by atomic mass is 9.96. The van der Waals surface area contributed by atoms with E-state index in [-0.39, 0.29) is 0 Å². The van der Waals surface area contributed by atoms with Crippen molar-refractivity contribution < 1.29 is 8.83 Å². The zero-order chi connectivity index (χ0) is 37.9. The fourth-order valence-corrected chi connectivity index (χ4v) is 8.25. The first-order valence-corrected chi connectivity index (χ1v) is 19.1. The van der Waals surface area contributed by atoms with E-state index in [2.05, 4.69) is 121 Å². The van der Waals surface area contributed by atoms with Crippen LogP contribution in [0.25, 0.3) is 117 Å². The summed E-state index contributed by atoms with van der Waals surface area (Å²) in [6.07, 6.45) is 8.27. The zero-order valence-corrected chi connectivity index (χ0v) is 31.0. The lowest BCUT2D eigenvalue weighted by Gasteiger charge is -2.13. The molecule has 11 aromatic rings. The number of furan rings is 2. The van der Waals surface area contributed by atoms with Crippen molar-refractivity contribution in [3.8, 4) is 45.3 Å². The second-order valence-corrected chi connectivity index (χ2v) is 14.2. The Bertz CT molecular complexity index is 3430. The van der Waals surface area contributed by atoms with Crippen molar-refractivity contribution in [2.75, 3.05) is 0 Å². The first-order chi connectivity index (χ1) is 28.2. The van der Waals surface area contributed by atoms with Gasteiger partial charge in [0.05, 0.1) is 0 Å². The van der Waals surface area contributed by atoms with E-state index in [0.29, 0.717) is 17.5 Å². The Morgan fingerprint density at radius 3 is 2.00 bits per heavy atom. The Kier molecular flexibility index (Phi) is 7.64. The van der Waals surface area contributed by atoms with Crippen LogP contribution >= 0.6 is 0 Å². The summed E-state index contributed by atoms with van der Waals surface area (Å²) in [7, 11) is 0. The third kappa shape index (κ3) is 5.43. The summed E-state index contributed by atoms with van der Waals surface area (Å²) < 4.78 is 13.4. The number of benzene rings is 8. The second kappa shape index (κ2) is 13.3. The monoisotopic (exact) mass is 731 g/mol. The largest absolute Gasteiger partial charge is 0.456 e. The molecule has 0 N–H and O–H groups in total. The first kappa shape index (κ1) is 32.8. The third-order valence-electron chi connectivity index (χ3n) is 10.9. The van der Waals surface area contributed by atoms with Crippen LogP contribution in [0.2, 0.25) is 0 Å². The van der Waals surface area contributed by atoms with Crippen molar-refractivity contribution in [3.05, 3.63) is 182 Å². The summed E-state index contributed by atoms with van der Waals surface area (Å²) in [6, 6.07) is 54.3. The lowest BCUT2D eigenvalue weighted by Crippen LogP contribution is -2.01. The fourth-order valence-electron chi connectivity index (χ4n) is 8.25. The number of allylic oxidation sites excluding steroid dienone is 3. The van der Waals surface area contributed by atoms with E-state index < -0.39 is 0 Å². The van der Waals surface area contributed by atoms with Crippen molar-refractivity contribution in [1.29, 1.82) is 0 Å². The lowest BCUT2D eigenvalue weighted by molar-refractivity contribution is 0.668. The Morgan fingerprint density at radius 1 is 0.421 bits per heavy atom. The number of nitrogens with zero attached hydrogens (tertiary/aromatic N) is 3. The van der Waals surface area contributed by atoms with Gasteiger partial charge in [0.1, 0.15) is 22.3 Å². The van der Waals surface area contributed by atoms with Crippen molar-refractivity contribution in [2.24, 2.45) is 0 Å². The number of hydrogen-bond donors (Lipinski definition) is 0. The second-order valence-electron chi connectivity index (χ2n) is 14.2. The summed E-state index contributed by atoms with van der Waals surface area (Å²) >= 11 is 0. The minimum absolute atomic E-state index is 0.557. The standard InChI is InChI=1S/C52H33N3O2/c1-2-3-5-15-32-26-28-40(39-21-11-10-19-36(32)39)51-53-50(34-17-6-4-7-18-34)54-52(55-51)43-30-35(31-46-48(43)41-22-12-13-25-44(41)56-46)38-23-14-24-42-47-37-20-9-8-16-33(37)27-29-45(47)57-49(38)42/h2-31H,1H3/b3-2-,15-5-. The molecule has 11 rings (SSSR count). The zero-order valence-electron chi connectivity index (χ0n) is 31.0. The number of aromatic nitrogens is 3. The molecule has 0 aliphatic rings. The van der Waals surface area contributed by atoms with Crippen LogP contribution < -0.4 is 0 Å². The Balaban J connectivity index is 1.19. The van der Waals surface area contributed by atoms with Gasteiger partial charge in [-0.3, -0.25) is 0 Å². The van der Waals surface area contributed by atoms with Crippen LogP contribution in [0.3, 0.4) is 0 Å². The van der Waals surface area contributed by atoms with Crippen molar-refractivity contribution in [2.45, 2.75) is 6.92 Å². The molecule has 3 heterocycles. The quantitative estimate of drug-likeness (QED) is 0.159. The fraction of sp³-hybridized carbons (Fsp3) is 0.0192. The first-order valence-electron chi connectivity index (χ1n) is 19.1. The van der Waals surface area contributed by atoms with Gasteiger partial charge in [-0.25, -0.2) is 15.0 Å². The average Bonchev–Trinajstić information content (AvgIpc) is 3.85. The van der Waals surface area contributed by atoms with Crippen LogP contribution in [-0.4, -0.2) is 15.0 Å². The van der Waals surface area contributed by atoms with E-state index in [1.54, 1.807) is 0 Å². The Labute approximate surface area is 327 Å². The molecule has 0 fully saturated rings. The van der Waals surface area contributed by atoms with Gasteiger partial charge < -0.3 is 8.83 Å². The van der Waals surface area contributed by atoms with Crippen LogP contribution in [0.1, 0.15) is 12.5 Å². The molecule has 0 spiro atoms. The van der Waals surface area contributed by atoms with E-state index >= 15 is 0 Å². The molecule has 0 radical (unpaired) electrons. The molecule has 8 aromatic carbocycles. The Morgan fingerprint density at radius 2 is 1.14 bits per heavy atom. The van der Waals surface area contributed by atoms with E-state index in [1.165, 1.54) is 10.8 Å². The van der Waals surface area contributed by atoms with Gasteiger partial charge in [-0.15, -0.1) is 0 Å². The predicted molar refractivity (Wildman–Crippen MR) is 235 cm³/mol. The maximum absolute atomic E-state index is 6.72. The van der Waals surface area contributed by atoms with Crippen LogP contribution in [0.15, 0.2) is 185 Å². The molecular weight excluding hydrogens is 699 g/mol. The maximum Gasteiger partial charge on any atom is 0.164 e.